The summed E-state index contributed by atoms with van der Waals surface area (Å²) in [5, 5.41) is 6.99. The van der Waals surface area contributed by atoms with Crippen molar-refractivity contribution >= 4 is 23.0 Å². The van der Waals surface area contributed by atoms with Crippen LogP contribution in [0.3, 0.4) is 0 Å². The van der Waals surface area contributed by atoms with Gasteiger partial charge in [0.2, 0.25) is 0 Å². The summed E-state index contributed by atoms with van der Waals surface area (Å²) in [4.78, 5) is 21.4. The number of carbonyl (C=O) groups is 1. The molecule has 264 valence electrons. The maximum Gasteiger partial charge on any atom is 0.255 e. The monoisotopic (exact) mass is 696 g/mol. The number of benzene rings is 4. The summed E-state index contributed by atoms with van der Waals surface area (Å²) in [6.45, 7) is 8.42. The summed E-state index contributed by atoms with van der Waals surface area (Å²) in [6.07, 6.45) is 3.45. The molecule has 2 saturated heterocycles. The summed E-state index contributed by atoms with van der Waals surface area (Å²) in [5.41, 5.74) is 4.67. The molecule has 0 spiro atoms. The van der Waals surface area contributed by atoms with Crippen molar-refractivity contribution in [1.29, 1.82) is 0 Å². The predicted octanol–water partition coefficient (Wildman–Crippen LogP) is 6.90. The van der Waals surface area contributed by atoms with Gasteiger partial charge in [0, 0.05) is 66.4 Å². The zero-order chi connectivity index (χ0) is 35.5. The molecule has 2 fully saturated rings. The Labute approximate surface area is 294 Å². The van der Waals surface area contributed by atoms with E-state index in [0.717, 1.165) is 60.5 Å². The Morgan fingerprint density at radius 1 is 0.902 bits per heavy atom. The van der Waals surface area contributed by atoms with Crippen LogP contribution in [0.25, 0.3) is 0 Å². The number of piperazine rings is 1. The van der Waals surface area contributed by atoms with Gasteiger partial charge >= 0.3 is 0 Å². The van der Waals surface area contributed by atoms with Crippen LogP contribution in [0.4, 0.5) is 30.2 Å². The van der Waals surface area contributed by atoms with E-state index < -0.39 is 17.2 Å². The molecular weight excluding hydrogens is 657 g/mol. The number of nitrogens with zero attached hydrogens (tertiary/aromatic N) is 5. The third-order valence-electron chi connectivity index (χ3n) is 9.70. The second-order valence-corrected chi connectivity index (χ2v) is 13.3. The first-order chi connectivity index (χ1) is 24.7. The Bertz CT molecular complexity index is 1980. The van der Waals surface area contributed by atoms with E-state index in [9.17, 15) is 13.6 Å². The van der Waals surface area contributed by atoms with Crippen molar-refractivity contribution < 1.29 is 27.4 Å². The highest BCUT2D eigenvalue weighted by molar-refractivity contribution is 6.04. The summed E-state index contributed by atoms with van der Waals surface area (Å²) in [7, 11) is 0. The molecule has 7 rings (SSSR count). The third-order valence-corrected chi connectivity index (χ3v) is 9.70. The molecule has 9 nitrogen and oxygen atoms in total. The zero-order valence-electron chi connectivity index (χ0n) is 28.5. The lowest BCUT2D eigenvalue weighted by atomic mass is 9.87. The summed E-state index contributed by atoms with van der Waals surface area (Å²) in [6, 6.07) is 21.1. The van der Waals surface area contributed by atoms with Crippen molar-refractivity contribution in [1.82, 2.24) is 14.8 Å². The van der Waals surface area contributed by atoms with Crippen LogP contribution in [-0.4, -0.2) is 60.1 Å². The fourth-order valence-corrected chi connectivity index (χ4v) is 7.03. The number of hydrogen-bond donors (Lipinski definition) is 1. The lowest BCUT2D eigenvalue weighted by molar-refractivity contribution is -0.0206. The number of ether oxygens (including phenoxy) is 2. The van der Waals surface area contributed by atoms with Crippen molar-refractivity contribution in [2.24, 2.45) is 5.92 Å². The Morgan fingerprint density at radius 2 is 1.63 bits per heavy atom. The van der Waals surface area contributed by atoms with Gasteiger partial charge in [-0.15, -0.1) is 0 Å². The number of nitrogens with one attached hydrogen (secondary N) is 1. The fraction of sp³-hybridized carbons (Fsp3) is 0.308. The van der Waals surface area contributed by atoms with Crippen LogP contribution >= 0.6 is 0 Å². The number of carbonyl (C=O) groups excluding carboxylic acids is 1. The van der Waals surface area contributed by atoms with Crippen molar-refractivity contribution in [2.45, 2.75) is 32.4 Å². The van der Waals surface area contributed by atoms with Crippen LogP contribution in [0.2, 0.25) is 0 Å². The Morgan fingerprint density at radius 3 is 2.33 bits per heavy atom. The smallest absolute Gasteiger partial charge is 0.255 e. The van der Waals surface area contributed by atoms with Crippen molar-refractivity contribution in [3.8, 4) is 5.75 Å². The number of halogens is 3. The Kier molecular flexibility index (Phi) is 9.68. The molecule has 2 atom stereocenters. The van der Waals surface area contributed by atoms with Gasteiger partial charge in [-0.05, 0) is 98.1 Å². The van der Waals surface area contributed by atoms with Gasteiger partial charge in [-0.3, -0.25) is 4.79 Å². The SMILES string of the molecule is Cc1cc(N2CCN(c3ccc(C(=O)Nc4ccc(F)cc4)cc3)CC2)c(C)cc1OC[C@@H]1CO[C@@](Cn2cncn2)(c2ccc(F)cc2F)C1. The lowest BCUT2D eigenvalue weighted by Crippen LogP contribution is -2.46. The molecule has 5 aromatic rings. The molecule has 0 aliphatic carbocycles. The minimum atomic E-state index is -1.03. The van der Waals surface area contributed by atoms with E-state index in [0.29, 0.717) is 36.4 Å². The number of aromatic nitrogens is 3. The highest BCUT2D eigenvalue weighted by Gasteiger charge is 2.44. The molecule has 1 N–H and O–H groups in total. The van der Waals surface area contributed by atoms with Crippen LogP contribution in [0.15, 0.2) is 91.5 Å². The fourth-order valence-electron chi connectivity index (χ4n) is 7.03. The maximum absolute atomic E-state index is 15.0. The summed E-state index contributed by atoms with van der Waals surface area (Å²) >= 11 is 0. The van der Waals surface area contributed by atoms with E-state index in [4.69, 9.17) is 9.47 Å². The quantitative estimate of drug-likeness (QED) is 0.170. The van der Waals surface area contributed by atoms with Gasteiger partial charge < -0.3 is 24.6 Å². The second kappa shape index (κ2) is 14.5. The highest BCUT2D eigenvalue weighted by atomic mass is 19.1. The van der Waals surface area contributed by atoms with Crippen LogP contribution in [0, 0.1) is 37.2 Å². The summed E-state index contributed by atoms with van der Waals surface area (Å²) in [5.74, 6) is -1.12. The van der Waals surface area contributed by atoms with Crippen LogP contribution in [-0.2, 0) is 16.9 Å². The van der Waals surface area contributed by atoms with E-state index in [2.05, 4.69) is 44.3 Å². The van der Waals surface area contributed by atoms with Crippen LogP contribution < -0.4 is 19.9 Å². The first kappa shape index (κ1) is 34.1. The Balaban J connectivity index is 0.949. The van der Waals surface area contributed by atoms with Crippen molar-refractivity contribution in [2.75, 3.05) is 54.5 Å². The van der Waals surface area contributed by atoms with E-state index in [1.165, 1.54) is 42.7 Å². The van der Waals surface area contributed by atoms with Gasteiger partial charge in [0.1, 0.15) is 41.5 Å². The molecule has 51 heavy (non-hydrogen) atoms. The van der Waals surface area contributed by atoms with Gasteiger partial charge in [0.05, 0.1) is 19.8 Å². The molecule has 3 heterocycles. The molecule has 2 aliphatic rings. The molecule has 12 heteroatoms. The minimum absolute atomic E-state index is 0.0244. The molecule has 2 aliphatic heterocycles. The molecule has 1 amide bonds. The molecule has 1 aromatic heterocycles. The van der Waals surface area contributed by atoms with E-state index >= 15 is 4.39 Å². The summed E-state index contributed by atoms with van der Waals surface area (Å²) < 4.78 is 56.2. The zero-order valence-corrected chi connectivity index (χ0v) is 28.5. The second-order valence-electron chi connectivity index (χ2n) is 13.3. The van der Waals surface area contributed by atoms with Crippen molar-refractivity contribution in [3.63, 3.8) is 0 Å². The predicted molar refractivity (Wildman–Crippen MR) is 189 cm³/mol. The number of rotatable bonds is 10. The van der Waals surface area contributed by atoms with E-state index in [-0.39, 0.29) is 24.2 Å². The van der Waals surface area contributed by atoms with Crippen LogP contribution in [0.5, 0.6) is 5.75 Å². The molecule has 4 aromatic carbocycles. The van der Waals surface area contributed by atoms with E-state index in [1.54, 1.807) is 11.0 Å². The molecular formula is C39H39F3N6O3. The first-order valence-corrected chi connectivity index (χ1v) is 17.0. The average molecular weight is 697 g/mol. The van der Waals surface area contributed by atoms with Gasteiger partial charge in [-0.2, -0.15) is 5.10 Å². The molecule has 0 saturated carbocycles. The molecule has 0 unspecified atom stereocenters. The van der Waals surface area contributed by atoms with Crippen molar-refractivity contribution in [3.05, 3.63) is 131 Å². The number of aryl methyl sites for hydroxylation is 2. The number of amides is 1. The molecule has 0 radical (unpaired) electrons. The standard InChI is InChI=1S/C39H39F3N6O3/c1-26-18-37(50-21-28-20-39(51-22-28,23-48-25-43-24-44-48)34-12-7-31(41)19-35(34)42)27(2)17-36(26)47-15-13-46(14-16-47)33-10-3-29(4-11-33)38(49)45-32-8-5-30(40)6-9-32/h3-12,17-19,24-25,28H,13-16,20-23H2,1-2H3,(H,45,49)/t28-,39+/m1/s1. The van der Waals surface area contributed by atoms with Gasteiger partial charge in [-0.1, -0.05) is 6.07 Å². The normalized spacial score (nSPS) is 19.0. The average Bonchev–Trinajstić information content (AvgIpc) is 3.80. The van der Waals surface area contributed by atoms with E-state index in [1.807, 2.05) is 31.2 Å². The largest absolute Gasteiger partial charge is 0.493 e. The van der Waals surface area contributed by atoms with Gasteiger partial charge in [-0.25, -0.2) is 22.8 Å². The minimum Gasteiger partial charge on any atom is -0.493 e. The lowest BCUT2D eigenvalue weighted by Gasteiger charge is -2.38. The third kappa shape index (κ3) is 7.56. The maximum atomic E-state index is 15.0. The topological polar surface area (TPSA) is 84.8 Å². The Hall–Kier alpha value is -5.36. The number of anilines is 3. The highest BCUT2D eigenvalue weighted by Crippen LogP contribution is 2.42. The first-order valence-electron chi connectivity index (χ1n) is 17.0. The van der Waals surface area contributed by atoms with Gasteiger partial charge in [0.25, 0.3) is 5.91 Å². The number of hydrogen-bond acceptors (Lipinski definition) is 7. The van der Waals surface area contributed by atoms with Crippen LogP contribution in [0.1, 0.15) is 33.5 Å². The van der Waals surface area contributed by atoms with Gasteiger partial charge in [0.15, 0.2) is 0 Å². The molecule has 0 bridgehead atoms.